The van der Waals surface area contributed by atoms with E-state index >= 15 is 0 Å². The predicted molar refractivity (Wildman–Crippen MR) is 103 cm³/mol. The SMILES string of the molecule is COC(CNC(=O)OC(C)(C)C)CC(=O)NC1CC(C)CCC1C(C)C. The van der Waals surface area contributed by atoms with Crippen LogP contribution in [0.3, 0.4) is 0 Å². The first-order valence-corrected chi connectivity index (χ1v) is 9.80. The van der Waals surface area contributed by atoms with Crippen LogP contribution in [0.15, 0.2) is 0 Å². The van der Waals surface area contributed by atoms with E-state index in [-0.39, 0.29) is 31.0 Å². The summed E-state index contributed by atoms with van der Waals surface area (Å²) >= 11 is 0. The van der Waals surface area contributed by atoms with Crippen molar-refractivity contribution in [3.63, 3.8) is 0 Å². The highest BCUT2D eigenvalue weighted by Crippen LogP contribution is 2.33. The number of amides is 2. The Hall–Kier alpha value is -1.30. The van der Waals surface area contributed by atoms with E-state index in [1.807, 2.05) is 20.8 Å². The first kappa shape index (κ1) is 22.7. The summed E-state index contributed by atoms with van der Waals surface area (Å²) in [6.45, 7) is 12.4. The van der Waals surface area contributed by atoms with Gasteiger partial charge in [-0.3, -0.25) is 4.79 Å². The third-order valence-corrected chi connectivity index (χ3v) is 4.99. The van der Waals surface area contributed by atoms with Gasteiger partial charge in [0.2, 0.25) is 5.91 Å². The molecule has 2 amide bonds. The van der Waals surface area contributed by atoms with E-state index in [4.69, 9.17) is 9.47 Å². The smallest absolute Gasteiger partial charge is 0.407 e. The number of carbonyl (C=O) groups is 2. The molecule has 0 aromatic carbocycles. The van der Waals surface area contributed by atoms with E-state index in [1.165, 1.54) is 6.42 Å². The van der Waals surface area contributed by atoms with Gasteiger partial charge in [-0.25, -0.2) is 4.79 Å². The molecule has 0 spiro atoms. The van der Waals surface area contributed by atoms with Crippen molar-refractivity contribution in [3.8, 4) is 0 Å². The number of rotatable bonds is 7. The Kier molecular flexibility index (Phi) is 8.87. The monoisotopic (exact) mass is 370 g/mol. The zero-order valence-corrected chi connectivity index (χ0v) is 17.6. The van der Waals surface area contributed by atoms with Gasteiger partial charge < -0.3 is 20.1 Å². The highest BCUT2D eigenvalue weighted by Gasteiger charge is 2.32. The van der Waals surface area contributed by atoms with Gasteiger partial charge in [0.05, 0.1) is 12.5 Å². The number of hydrogen-bond acceptors (Lipinski definition) is 4. The molecule has 1 aliphatic carbocycles. The average Bonchev–Trinajstić information content (AvgIpc) is 2.49. The minimum absolute atomic E-state index is 0.0208. The second-order valence-electron chi connectivity index (χ2n) is 8.94. The minimum Gasteiger partial charge on any atom is -0.444 e. The molecule has 6 heteroatoms. The van der Waals surface area contributed by atoms with E-state index in [2.05, 4.69) is 31.4 Å². The van der Waals surface area contributed by atoms with E-state index in [1.54, 1.807) is 7.11 Å². The second-order valence-corrected chi connectivity index (χ2v) is 8.94. The van der Waals surface area contributed by atoms with Gasteiger partial charge in [-0.2, -0.15) is 0 Å². The lowest BCUT2D eigenvalue weighted by Gasteiger charge is -2.38. The molecule has 0 heterocycles. The quantitative estimate of drug-likeness (QED) is 0.719. The average molecular weight is 371 g/mol. The molecule has 1 aliphatic rings. The number of alkyl carbamates (subject to hydrolysis) is 1. The summed E-state index contributed by atoms with van der Waals surface area (Å²) in [5, 5.41) is 5.88. The Morgan fingerprint density at radius 1 is 1.19 bits per heavy atom. The maximum Gasteiger partial charge on any atom is 0.407 e. The third kappa shape index (κ3) is 8.39. The van der Waals surface area contributed by atoms with Gasteiger partial charge in [0.15, 0.2) is 0 Å². The van der Waals surface area contributed by atoms with E-state index in [0.717, 1.165) is 12.8 Å². The molecular weight excluding hydrogens is 332 g/mol. The summed E-state index contributed by atoms with van der Waals surface area (Å²) in [4.78, 5) is 24.2. The number of hydrogen-bond donors (Lipinski definition) is 2. The largest absolute Gasteiger partial charge is 0.444 e. The first-order valence-electron chi connectivity index (χ1n) is 9.80. The summed E-state index contributed by atoms with van der Waals surface area (Å²) in [7, 11) is 1.55. The highest BCUT2D eigenvalue weighted by atomic mass is 16.6. The molecule has 1 fully saturated rings. The molecule has 2 N–H and O–H groups in total. The molecule has 0 bridgehead atoms. The maximum absolute atomic E-state index is 12.5. The van der Waals surface area contributed by atoms with Crippen molar-refractivity contribution in [2.75, 3.05) is 13.7 Å². The molecule has 152 valence electrons. The van der Waals surface area contributed by atoms with Crippen molar-refractivity contribution >= 4 is 12.0 Å². The molecular formula is C20H38N2O4. The summed E-state index contributed by atoms with van der Waals surface area (Å²) < 4.78 is 10.6. The summed E-state index contributed by atoms with van der Waals surface area (Å²) in [5.74, 6) is 1.70. The second kappa shape index (κ2) is 10.1. The van der Waals surface area contributed by atoms with Crippen molar-refractivity contribution in [1.29, 1.82) is 0 Å². The fourth-order valence-electron chi connectivity index (χ4n) is 3.59. The number of carbonyl (C=O) groups excluding carboxylic acids is 2. The van der Waals surface area contributed by atoms with Gasteiger partial charge in [0.25, 0.3) is 0 Å². The van der Waals surface area contributed by atoms with E-state index < -0.39 is 11.7 Å². The van der Waals surface area contributed by atoms with Crippen molar-refractivity contribution in [3.05, 3.63) is 0 Å². The van der Waals surface area contributed by atoms with E-state index in [9.17, 15) is 9.59 Å². The first-order chi connectivity index (χ1) is 12.0. The molecule has 0 aliphatic heterocycles. The van der Waals surface area contributed by atoms with Gasteiger partial charge in [-0.1, -0.05) is 27.2 Å². The number of ether oxygens (including phenoxy) is 2. The van der Waals surface area contributed by atoms with Crippen LogP contribution >= 0.6 is 0 Å². The van der Waals surface area contributed by atoms with Crippen LogP contribution in [0.2, 0.25) is 0 Å². The van der Waals surface area contributed by atoms with Crippen LogP contribution < -0.4 is 10.6 Å². The molecule has 0 radical (unpaired) electrons. The zero-order valence-electron chi connectivity index (χ0n) is 17.6. The fourth-order valence-corrected chi connectivity index (χ4v) is 3.59. The maximum atomic E-state index is 12.5. The van der Waals surface area contributed by atoms with Crippen LogP contribution in [-0.2, 0) is 14.3 Å². The Bertz CT molecular complexity index is 459. The summed E-state index contributed by atoms with van der Waals surface area (Å²) in [5.41, 5.74) is -0.548. The topological polar surface area (TPSA) is 76.7 Å². The molecule has 4 atom stereocenters. The van der Waals surface area contributed by atoms with Crippen LogP contribution in [-0.4, -0.2) is 43.4 Å². The predicted octanol–water partition coefficient (Wildman–Crippen LogP) is 3.49. The van der Waals surface area contributed by atoms with Crippen LogP contribution in [0.25, 0.3) is 0 Å². The van der Waals surface area contributed by atoms with Gasteiger partial charge in [-0.05, 0) is 51.4 Å². The van der Waals surface area contributed by atoms with E-state index in [0.29, 0.717) is 17.8 Å². The van der Waals surface area contributed by atoms with Crippen LogP contribution in [0.1, 0.15) is 67.2 Å². The molecule has 0 saturated heterocycles. The molecule has 1 saturated carbocycles. The fraction of sp³-hybridized carbons (Fsp3) is 0.900. The third-order valence-electron chi connectivity index (χ3n) is 4.99. The Labute approximate surface area is 158 Å². The summed E-state index contributed by atoms with van der Waals surface area (Å²) in [6.07, 6.45) is 2.78. The van der Waals surface area contributed by atoms with Crippen molar-refractivity contribution < 1.29 is 19.1 Å². The lowest BCUT2D eigenvalue weighted by atomic mass is 9.74. The number of methoxy groups -OCH3 is 1. The molecule has 0 aromatic heterocycles. The number of nitrogens with one attached hydrogen (secondary N) is 2. The van der Waals surface area contributed by atoms with Crippen molar-refractivity contribution in [2.24, 2.45) is 17.8 Å². The van der Waals surface area contributed by atoms with Crippen LogP contribution in [0, 0.1) is 17.8 Å². The van der Waals surface area contributed by atoms with Gasteiger partial charge in [-0.15, -0.1) is 0 Å². The Morgan fingerprint density at radius 3 is 2.38 bits per heavy atom. The highest BCUT2D eigenvalue weighted by molar-refractivity contribution is 5.77. The van der Waals surface area contributed by atoms with Gasteiger partial charge in [0.1, 0.15) is 5.60 Å². The lowest BCUT2D eigenvalue weighted by molar-refractivity contribution is -0.125. The van der Waals surface area contributed by atoms with Crippen LogP contribution in [0.4, 0.5) is 4.79 Å². The zero-order chi connectivity index (χ0) is 19.9. The Balaban J connectivity index is 2.48. The lowest BCUT2D eigenvalue weighted by Crippen LogP contribution is -2.47. The molecule has 0 aromatic rings. The molecule has 1 rings (SSSR count). The molecule has 6 nitrogen and oxygen atoms in total. The van der Waals surface area contributed by atoms with Crippen LogP contribution in [0.5, 0.6) is 0 Å². The standard InChI is InChI=1S/C20H38N2O4/c1-13(2)16-9-8-14(3)10-17(16)22-18(23)11-15(25-7)12-21-19(24)26-20(4,5)6/h13-17H,8-12H2,1-7H3,(H,21,24)(H,22,23). The summed E-state index contributed by atoms with van der Waals surface area (Å²) in [6, 6.07) is 0.225. The molecule has 26 heavy (non-hydrogen) atoms. The molecule has 4 unspecified atom stereocenters. The minimum atomic E-state index is -0.548. The normalized spacial score (nSPS) is 24.8. The van der Waals surface area contributed by atoms with Gasteiger partial charge in [0, 0.05) is 19.7 Å². The van der Waals surface area contributed by atoms with Gasteiger partial charge >= 0.3 is 6.09 Å². The van der Waals surface area contributed by atoms with Crippen molar-refractivity contribution in [1.82, 2.24) is 10.6 Å². The van der Waals surface area contributed by atoms with Crippen molar-refractivity contribution in [2.45, 2.75) is 85.0 Å². The Morgan fingerprint density at radius 2 is 1.85 bits per heavy atom.